The molecule has 2 aromatic heterocycles. The Hall–Kier alpha value is -3.59. The number of para-hydroxylation sites is 1. The van der Waals surface area contributed by atoms with E-state index in [0.29, 0.717) is 11.5 Å². The van der Waals surface area contributed by atoms with Crippen molar-refractivity contribution in [1.29, 1.82) is 0 Å². The summed E-state index contributed by atoms with van der Waals surface area (Å²) >= 11 is 0. The molecule has 0 aliphatic heterocycles. The first-order valence-corrected chi connectivity index (χ1v) is 8.26. The Labute approximate surface area is 155 Å². The summed E-state index contributed by atoms with van der Waals surface area (Å²) in [7, 11) is 0. The minimum Gasteiger partial charge on any atom is -0.364 e. The van der Waals surface area contributed by atoms with Gasteiger partial charge in [0.15, 0.2) is 17.3 Å². The molecule has 138 valence electrons. The van der Waals surface area contributed by atoms with Crippen molar-refractivity contribution in [3.05, 3.63) is 48.4 Å². The van der Waals surface area contributed by atoms with Crippen LogP contribution in [0.15, 0.2) is 42.7 Å². The van der Waals surface area contributed by atoms with Crippen LogP contribution in [0.2, 0.25) is 0 Å². The van der Waals surface area contributed by atoms with Gasteiger partial charge in [-0.3, -0.25) is 14.8 Å². The van der Waals surface area contributed by atoms with Crippen molar-refractivity contribution in [2.45, 2.75) is 19.4 Å². The van der Waals surface area contributed by atoms with Crippen LogP contribution >= 0.6 is 0 Å². The third kappa shape index (κ3) is 3.82. The smallest absolute Gasteiger partial charge is 0.271 e. The van der Waals surface area contributed by atoms with Gasteiger partial charge in [-0.1, -0.05) is 18.2 Å². The van der Waals surface area contributed by atoms with E-state index < -0.39 is 5.91 Å². The van der Waals surface area contributed by atoms with Crippen LogP contribution in [0, 0.1) is 0 Å². The van der Waals surface area contributed by atoms with Crippen molar-refractivity contribution in [3.63, 3.8) is 0 Å². The van der Waals surface area contributed by atoms with Gasteiger partial charge in [0, 0.05) is 18.0 Å². The Kier molecular flexibility index (Phi) is 5.23. The molecule has 0 fully saturated rings. The molecule has 0 spiro atoms. The van der Waals surface area contributed by atoms with Gasteiger partial charge in [0.05, 0.1) is 23.4 Å². The van der Waals surface area contributed by atoms with Crippen molar-refractivity contribution >= 4 is 40.4 Å². The van der Waals surface area contributed by atoms with Gasteiger partial charge in [0.1, 0.15) is 6.29 Å². The standard InChI is InChI=1S/C18H19N7O2/c1-11(7-9-26)25(20)15-10-22-16(17(19)27)18(24-15)23-14-6-8-21-13-5-3-2-4-12(13)14/h2-6,8-11H,7,20H2,1H3,(H2,19,27)(H,21,23,24). The lowest BCUT2D eigenvalue weighted by molar-refractivity contribution is -0.108. The number of anilines is 3. The number of rotatable bonds is 7. The van der Waals surface area contributed by atoms with Gasteiger partial charge >= 0.3 is 0 Å². The van der Waals surface area contributed by atoms with Crippen LogP contribution in [0.1, 0.15) is 23.8 Å². The molecular formula is C18H19N7O2. The highest BCUT2D eigenvalue weighted by Crippen LogP contribution is 2.26. The minimum atomic E-state index is -0.723. The van der Waals surface area contributed by atoms with Gasteiger partial charge in [-0.2, -0.15) is 0 Å². The second-order valence-corrected chi connectivity index (χ2v) is 5.95. The fraction of sp³-hybridized carbons (Fsp3) is 0.167. The predicted molar refractivity (Wildman–Crippen MR) is 102 cm³/mol. The van der Waals surface area contributed by atoms with Gasteiger partial charge in [-0.05, 0) is 19.1 Å². The predicted octanol–water partition coefficient (Wildman–Crippen LogP) is 1.52. The van der Waals surface area contributed by atoms with Crippen LogP contribution < -0.4 is 21.9 Å². The fourth-order valence-corrected chi connectivity index (χ4v) is 2.58. The quantitative estimate of drug-likeness (QED) is 0.325. The zero-order chi connectivity index (χ0) is 19.4. The number of carbonyl (C=O) groups excluding carboxylic acids is 2. The molecule has 27 heavy (non-hydrogen) atoms. The number of hydrazine groups is 1. The van der Waals surface area contributed by atoms with Crippen molar-refractivity contribution < 1.29 is 9.59 Å². The summed E-state index contributed by atoms with van der Waals surface area (Å²) in [6.07, 6.45) is 4.00. The maximum atomic E-state index is 11.8. The SMILES string of the molecule is CC(CC=O)N(N)c1cnc(C(N)=O)c(Nc2ccnc3ccccc23)n1. The van der Waals surface area contributed by atoms with Crippen LogP contribution in [-0.4, -0.2) is 33.2 Å². The van der Waals surface area contributed by atoms with E-state index in [1.54, 1.807) is 19.2 Å². The van der Waals surface area contributed by atoms with Crippen LogP contribution in [0.5, 0.6) is 0 Å². The summed E-state index contributed by atoms with van der Waals surface area (Å²) in [6, 6.07) is 9.01. The Morgan fingerprint density at radius 1 is 1.30 bits per heavy atom. The maximum absolute atomic E-state index is 11.8. The molecule has 0 aliphatic carbocycles. The van der Waals surface area contributed by atoms with Crippen molar-refractivity contribution in [2.75, 3.05) is 10.3 Å². The number of nitrogens with one attached hydrogen (secondary N) is 1. The number of carbonyl (C=O) groups is 2. The molecule has 0 aliphatic rings. The normalized spacial score (nSPS) is 11.8. The highest BCUT2D eigenvalue weighted by atomic mass is 16.1. The number of fused-ring (bicyclic) bond motifs is 1. The van der Waals surface area contributed by atoms with E-state index in [1.807, 2.05) is 24.3 Å². The molecule has 3 aromatic rings. The summed E-state index contributed by atoms with van der Waals surface area (Å²) in [5.41, 5.74) is 6.89. The molecule has 2 heterocycles. The molecule has 1 unspecified atom stereocenters. The molecule has 3 rings (SSSR count). The second kappa shape index (κ2) is 7.75. The first-order chi connectivity index (χ1) is 13.0. The molecule has 0 radical (unpaired) electrons. The highest BCUT2D eigenvalue weighted by Gasteiger charge is 2.18. The zero-order valence-corrected chi connectivity index (χ0v) is 14.7. The number of aromatic nitrogens is 3. The molecule has 9 nitrogen and oxygen atoms in total. The zero-order valence-electron chi connectivity index (χ0n) is 14.7. The number of hydrogen-bond acceptors (Lipinski definition) is 8. The monoisotopic (exact) mass is 365 g/mol. The van der Waals surface area contributed by atoms with E-state index in [-0.39, 0.29) is 24.0 Å². The van der Waals surface area contributed by atoms with E-state index in [9.17, 15) is 9.59 Å². The molecule has 1 atom stereocenters. The Bertz CT molecular complexity index is 987. The molecule has 1 amide bonds. The van der Waals surface area contributed by atoms with Crippen LogP contribution in [-0.2, 0) is 4.79 Å². The average molecular weight is 365 g/mol. The maximum Gasteiger partial charge on any atom is 0.271 e. The number of nitrogens with zero attached hydrogens (tertiary/aromatic N) is 4. The Morgan fingerprint density at radius 3 is 2.81 bits per heavy atom. The lowest BCUT2D eigenvalue weighted by Gasteiger charge is -2.24. The topological polar surface area (TPSA) is 140 Å². The van der Waals surface area contributed by atoms with E-state index in [1.165, 1.54) is 11.2 Å². The summed E-state index contributed by atoms with van der Waals surface area (Å²) in [4.78, 5) is 35.3. The number of nitrogens with two attached hydrogens (primary N) is 2. The molecule has 0 saturated heterocycles. The third-order valence-electron chi connectivity index (χ3n) is 4.07. The first-order valence-electron chi connectivity index (χ1n) is 8.26. The number of pyridine rings is 1. The van der Waals surface area contributed by atoms with Crippen LogP contribution in [0.4, 0.5) is 17.3 Å². The first kappa shape index (κ1) is 18.2. The van der Waals surface area contributed by atoms with Gasteiger partial charge in [0.2, 0.25) is 0 Å². The van der Waals surface area contributed by atoms with Gasteiger partial charge < -0.3 is 15.8 Å². The Balaban J connectivity index is 2.03. The highest BCUT2D eigenvalue weighted by molar-refractivity contribution is 5.98. The van der Waals surface area contributed by atoms with Gasteiger partial charge in [-0.15, -0.1) is 0 Å². The van der Waals surface area contributed by atoms with Crippen molar-refractivity contribution in [1.82, 2.24) is 15.0 Å². The molecule has 0 saturated carbocycles. The largest absolute Gasteiger partial charge is 0.364 e. The summed E-state index contributed by atoms with van der Waals surface area (Å²) < 4.78 is 0. The van der Waals surface area contributed by atoms with Gasteiger partial charge in [-0.25, -0.2) is 15.8 Å². The summed E-state index contributed by atoms with van der Waals surface area (Å²) in [5, 5.41) is 5.27. The van der Waals surface area contributed by atoms with E-state index in [4.69, 9.17) is 11.6 Å². The molecule has 1 aromatic carbocycles. The molecule has 0 bridgehead atoms. The molecule has 5 N–H and O–H groups in total. The van der Waals surface area contributed by atoms with E-state index in [0.717, 1.165) is 17.2 Å². The summed E-state index contributed by atoms with van der Waals surface area (Å²) in [5.74, 6) is 5.77. The van der Waals surface area contributed by atoms with Crippen LogP contribution in [0.25, 0.3) is 10.9 Å². The average Bonchev–Trinajstić information content (AvgIpc) is 2.67. The lowest BCUT2D eigenvalue weighted by Crippen LogP contribution is -2.40. The third-order valence-corrected chi connectivity index (χ3v) is 4.07. The number of benzene rings is 1. The summed E-state index contributed by atoms with van der Waals surface area (Å²) in [6.45, 7) is 1.78. The van der Waals surface area contributed by atoms with Crippen molar-refractivity contribution in [3.8, 4) is 0 Å². The number of aldehydes is 1. The van der Waals surface area contributed by atoms with E-state index in [2.05, 4.69) is 20.3 Å². The number of hydrogen-bond donors (Lipinski definition) is 3. The van der Waals surface area contributed by atoms with Crippen molar-refractivity contribution in [2.24, 2.45) is 11.6 Å². The molecular weight excluding hydrogens is 346 g/mol. The van der Waals surface area contributed by atoms with Gasteiger partial charge in [0.25, 0.3) is 5.91 Å². The lowest BCUT2D eigenvalue weighted by atomic mass is 10.2. The fourth-order valence-electron chi connectivity index (χ4n) is 2.58. The number of amides is 1. The molecule has 9 heteroatoms. The Morgan fingerprint density at radius 2 is 2.07 bits per heavy atom. The minimum absolute atomic E-state index is 0.0175. The second-order valence-electron chi connectivity index (χ2n) is 5.95. The van der Waals surface area contributed by atoms with Crippen LogP contribution in [0.3, 0.4) is 0 Å². The number of primary amides is 1. The van der Waals surface area contributed by atoms with E-state index >= 15 is 0 Å².